The Balaban J connectivity index is 0.000000177. The zero-order chi connectivity index (χ0) is 58.9. The molecule has 0 saturated carbocycles. The summed E-state index contributed by atoms with van der Waals surface area (Å²) in [5.41, 5.74) is 20.6. The van der Waals surface area contributed by atoms with Crippen LogP contribution in [-0.4, -0.2) is 150 Å². The number of aryl methyl sites for hydroxylation is 1. The Morgan fingerprint density at radius 3 is 1.39 bits per heavy atom. The first kappa shape index (κ1) is 57.2. The van der Waals surface area contributed by atoms with Gasteiger partial charge in [-0.3, -0.25) is 19.4 Å². The zero-order valence-corrected chi connectivity index (χ0v) is 47.7. The molecule has 24 heteroatoms. The highest BCUT2D eigenvalue weighted by Gasteiger charge is 2.23. The highest BCUT2D eigenvalue weighted by Crippen LogP contribution is 2.35. The molecule has 2 aliphatic rings. The summed E-state index contributed by atoms with van der Waals surface area (Å²) < 4.78 is 36.6. The van der Waals surface area contributed by atoms with Gasteiger partial charge in [0.2, 0.25) is 11.8 Å². The smallest absolute Gasteiger partial charge is 0.230 e. The maximum absolute atomic E-state index is 12.7. The number of hydrogen-bond acceptors (Lipinski definition) is 20. The average molecular weight is 1150 g/mol. The molecule has 0 spiro atoms. The van der Waals surface area contributed by atoms with E-state index in [0.717, 1.165) is 105 Å². The Morgan fingerprint density at radius 2 is 0.988 bits per heavy atom. The molecule has 0 unspecified atom stereocenters. The molecule has 4 aromatic carbocycles. The first-order valence-corrected chi connectivity index (χ1v) is 28.0. The number of nitrogens with two attached hydrogens (primary N) is 2. The third-order valence-corrected chi connectivity index (χ3v) is 14.3. The number of hydrogen-bond donors (Lipinski definition) is 4. The van der Waals surface area contributed by atoms with Crippen molar-refractivity contribution < 1.29 is 37.6 Å². The van der Waals surface area contributed by atoms with E-state index >= 15 is 0 Å². The van der Waals surface area contributed by atoms with Crippen LogP contribution in [0, 0.1) is 6.92 Å². The minimum Gasteiger partial charge on any atom is -0.492 e. The molecule has 2 aliphatic heterocycles. The summed E-state index contributed by atoms with van der Waals surface area (Å²) in [7, 11) is 0. The number of nitrogens with one attached hydrogen (secondary N) is 2. The van der Waals surface area contributed by atoms with Crippen molar-refractivity contribution in [3.05, 3.63) is 145 Å². The van der Waals surface area contributed by atoms with E-state index < -0.39 is 0 Å². The average Bonchev–Trinajstić information content (AvgIpc) is 2.87. The third kappa shape index (κ3) is 14.1. The Hall–Kier alpha value is -9.62. The van der Waals surface area contributed by atoms with E-state index in [2.05, 4.69) is 50.7 Å². The maximum atomic E-state index is 12.7. The van der Waals surface area contributed by atoms with Gasteiger partial charge in [0.05, 0.1) is 72.8 Å². The van der Waals surface area contributed by atoms with Crippen LogP contribution in [0.4, 0.5) is 23.0 Å². The Labute approximate surface area is 489 Å². The largest absolute Gasteiger partial charge is 0.492 e. The second-order valence-corrected chi connectivity index (χ2v) is 21.5. The molecular weight excluding hydrogens is 1080 g/mol. The van der Waals surface area contributed by atoms with Crippen molar-refractivity contribution >= 4 is 56.9 Å². The van der Waals surface area contributed by atoms with Gasteiger partial charge in [0, 0.05) is 79.3 Å². The second-order valence-electron chi connectivity index (χ2n) is 21.5. The number of nitrogen functional groups attached to an aromatic ring is 2. The predicted molar refractivity (Wildman–Crippen MR) is 320 cm³/mol. The summed E-state index contributed by atoms with van der Waals surface area (Å²) >= 11 is 0. The number of rotatable bonds is 18. The molecule has 24 nitrogen and oxygen atoms in total. The fraction of sp³-hybridized carbons (Fsp3) is 0.311. The first-order chi connectivity index (χ1) is 41.3. The van der Waals surface area contributed by atoms with Crippen LogP contribution in [0.2, 0.25) is 0 Å². The fourth-order valence-electron chi connectivity index (χ4n) is 9.73. The van der Waals surface area contributed by atoms with Crippen molar-refractivity contribution in [1.29, 1.82) is 0 Å². The number of carbonyl (C=O) groups is 2. The van der Waals surface area contributed by atoms with Crippen LogP contribution in [0.1, 0.15) is 43.7 Å². The number of morpholine rings is 2. The van der Waals surface area contributed by atoms with Gasteiger partial charge in [-0.15, -0.1) is 0 Å². The van der Waals surface area contributed by atoms with Crippen molar-refractivity contribution in [2.24, 2.45) is 0 Å². The maximum Gasteiger partial charge on any atom is 0.230 e. The van der Waals surface area contributed by atoms with Gasteiger partial charge in [-0.05, 0) is 104 Å². The zero-order valence-electron chi connectivity index (χ0n) is 47.7. The van der Waals surface area contributed by atoms with Crippen LogP contribution in [0.15, 0.2) is 131 Å². The minimum atomic E-state index is -0.188. The lowest BCUT2D eigenvalue weighted by Gasteiger charge is -2.26. The fourth-order valence-corrected chi connectivity index (χ4v) is 9.73. The highest BCUT2D eigenvalue weighted by molar-refractivity contribution is 6.00. The van der Waals surface area contributed by atoms with Gasteiger partial charge in [-0.2, -0.15) is 10.2 Å². The van der Waals surface area contributed by atoms with Crippen molar-refractivity contribution in [2.45, 2.75) is 46.0 Å². The number of benzene rings is 4. The van der Waals surface area contributed by atoms with E-state index in [4.69, 9.17) is 49.7 Å². The van der Waals surface area contributed by atoms with Crippen molar-refractivity contribution in [3.8, 4) is 45.4 Å². The molecule has 6 aromatic heterocycles. The summed E-state index contributed by atoms with van der Waals surface area (Å²) in [6.45, 7) is 17.6. The SMILES string of the molecule is CC(C)(C)c1cc(CC(=O)Nc2ccc(-n3nc(-c4ccc(OCCN5CCOCC5)cc4)c4c(N)ncnc43)cc2)no1.Cc1cc(CC(=O)Nc2ccc(-n3nc(-c4ccc(OCCN5CCOCC5)cc4)c4c(N)ncnc43)cc2)no1. The highest BCUT2D eigenvalue weighted by atomic mass is 16.5. The molecule has 6 N–H and O–H groups in total. The van der Waals surface area contributed by atoms with Crippen LogP contribution in [0.3, 0.4) is 0 Å². The number of ether oxygens (including phenoxy) is 4. The van der Waals surface area contributed by atoms with E-state index in [1.54, 1.807) is 22.4 Å². The van der Waals surface area contributed by atoms with Crippen LogP contribution in [0.5, 0.6) is 11.5 Å². The number of amides is 2. The number of aromatic nitrogens is 10. The molecule has 0 atom stereocenters. The molecule has 2 fully saturated rings. The third-order valence-electron chi connectivity index (χ3n) is 14.3. The van der Waals surface area contributed by atoms with Crippen LogP contribution >= 0.6 is 0 Å². The number of nitrogens with zero attached hydrogens (tertiary/aromatic N) is 12. The molecule has 8 heterocycles. The Morgan fingerprint density at radius 1 is 0.565 bits per heavy atom. The standard InChI is InChI=1S/C32H36N8O4.C29H30N8O4/c1-32(2,3)26-18-23(38-44-26)19-27(41)36-22-6-8-24(9-7-22)40-31-28(30(33)34-20-35-31)29(37-40)21-4-10-25(11-5-21)43-17-14-39-12-15-42-16-13-39;1-19-16-22(35-41-19)17-25(38)33-21-4-6-23(7-5-21)37-29-26(28(30)31-18-32-29)27(34-37)20-2-8-24(9-3-20)40-15-12-36-10-13-39-14-11-36/h4-11,18,20H,12-17,19H2,1-3H3,(H,36,41)(H2,33,34,35);2-9,16,18H,10-15,17H2,1H3,(H,33,38)(H2,30,31,32). The van der Waals surface area contributed by atoms with Gasteiger partial charge >= 0.3 is 0 Å². The monoisotopic (exact) mass is 1150 g/mol. The molecule has 0 aliphatic carbocycles. The lowest BCUT2D eigenvalue weighted by Crippen LogP contribution is -2.38. The summed E-state index contributed by atoms with van der Waals surface area (Å²) in [6.07, 6.45) is 3.09. The van der Waals surface area contributed by atoms with Crippen molar-refractivity contribution in [1.82, 2.24) is 59.6 Å². The molecule has 0 bridgehead atoms. The quantitative estimate of drug-likeness (QED) is 0.0646. The molecule has 10 aromatic rings. The molecule has 2 saturated heterocycles. The normalized spacial score (nSPS) is 14.0. The second kappa shape index (κ2) is 25.9. The van der Waals surface area contributed by atoms with E-state index in [1.165, 1.54) is 12.7 Å². The summed E-state index contributed by atoms with van der Waals surface area (Å²) in [5.74, 6) is 3.28. The number of carbonyl (C=O) groups excluding carboxylic acids is 2. The molecule has 0 radical (unpaired) electrons. The summed E-state index contributed by atoms with van der Waals surface area (Å²) in [5, 5.41) is 24.8. The topological polar surface area (TPSA) is 293 Å². The lowest BCUT2D eigenvalue weighted by atomic mass is 9.93. The summed E-state index contributed by atoms with van der Waals surface area (Å²) in [4.78, 5) is 47.1. The van der Waals surface area contributed by atoms with Crippen LogP contribution in [0.25, 0.3) is 56.0 Å². The van der Waals surface area contributed by atoms with Crippen LogP contribution in [-0.2, 0) is 37.3 Å². The molecule has 12 rings (SSSR count). The van der Waals surface area contributed by atoms with Crippen molar-refractivity contribution in [2.75, 3.05) is 101 Å². The van der Waals surface area contributed by atoms with Crippen molar-refractivity contribution in [3.63, 3.8) is 0 Å². The van der Waals surface area contributed by atoms with E-state index in [9.17, 15) is 9.59 Å². The van der Waals surface area contributed by atoms with Gasteiger partial charge < -0.3 is 50.1 Å². The molecular formula is C61H66N16O8. The van der Waals surface area contributed by atoms with Gasteiger partial charge in [0.25, 0.3) is 0 Å². The Kier molecular flexibility index (Phi) is 17.4. The van der Waals surface area contributed by atoms with Gasteiger partial charge in [-0.1, -0.05) is 31.1 Å². The lowest BCUT2D eigenvalue weighted by molar-refractivity contribution is -0.116. The summed E-state index contributed by atoms with van der Waals surface area (Å²) in [6, 6.07) is 33.8. The van der Waals surface area contributed by atoms with Crippen LogP contribution < -0.4 is 31.6 Å². The first-order valence-electron chi connectivity index (χ1n) is 28.0. The van der Waals surface area contributed by atoms with E-state index in [0.29, 0.717) is 86.8 Å². The Bertz CT molecular complexity index is 3880. The molecule has 85 heavy (non-hydrogen) atoms. The number of fused-ring (bicyclic) bond motifs is 2. The molecule has 2 amide bonds. The van der Waals surface area contributed by atoms with Gasteiger partial charge in [0.1, 0.15) is 71.9 Å². The van der Waals surface area contributed by atoms with E-state index in [-0.39, 0.29) is 30.1 Å². The van der Waals surface area contributed by atoms with Gasteiger partial charge in [0.15, 0.2) is 11.3 Å². The number of anilines is 4. The van der Waals surface area contributed by atoms with Gasteiger partial charge in [-0.25, -0.2) is 29.3 Å². The van der Waals surface area contributed by atoms with E-state index in [1.807, 2.05) is 124 Å². The molecule has 438 valence electrons. The minimum absolute atomic E-state index is 0.113. The predicted octanol–water partition coefficient (Wildman–Crippen LogP) is 7.50.